The maximum Gasteiger partial charge on any atom is 0.251 e. The van der Waals surface area contributed by atoms with Crippen LogP contribution in [0.25, 0.3) is 0 Å². The molecule has 5 heteroatoms. The summed E-state index contributed by atoms with van der Waals surface area (Å²) in [7, 11) is -3.27. The SMILES string of the molecule is O=S(=O)(CC1CCCCC1(F)F)C1CCC1. The summed E-state index contributed by atoms with van der Waals surface area (Å²) < 4.78 is 50.7. The number of alkyl halides is 2. The van der Waals surface area contributed by atoms with Crippen LogP contribution >= 0.6 is 0 Å². The summed E-state index contributed by atoms with van der Waals surface area (Å²) in [6.45, 7) is 0. The van der Waals surface area contributed by atoms with Gasteiger partial charge in [-0.3, -0.25) is 0 Å². The number of sulfone groups is 1. The van der Waals surface area contributed by atoms with Gasteiger partial charge in [0.2, 0.25) is 0 Å². The molecule has 94 valence electrons. The van der Waals surface area contributed by atoms with Gasteiger partial charge in [-0.15, -0.1) is 0 Å². The summed E-state index contributed by atoms with van der Waals surface area (Å²) in [5.41, 5.74) is 0. The average molecular weight is 252 g/mol. The minimum absolute atomic E-state index is 0.141. The molecule has 0 bridgehead atoms. The van der Waals surface area contributed by atoms with Gasteiger partial charge < -0.3 is 0 Å². The second kappa shape index (κ2) is 4.24. The van der Waals surface area contributed by atoms with Crippen LogP contribution in [-0.4, -0.2) is 25.3 Å². The van der Waals surface area contributed by atoms with Crippen LogP contribution in [0.5, 0.6) is 0 Å². The van der Waals surface area contributed by atoms with Gasteiger partial charge in [-0.1, -0.05) is 12.8 Å². The van der Waals surface area contributed by atoms with Crippen LogP contribution in [0.2, 0.25) is 0 Å². The topological polar surface area (TPSA) is 34.1 Å². The van der Waals surface area contributed by atoms with Crippen molar-refractivity contribution in [3.63, 3.8) is 0 Å². The van der Waals surface area contributed by atoms with E-state index in [0.717, 1.165) is 12.8 Å². The zero-order valence-electron chi connectivity index (χ0n) is 9.29. The molecule has 0 spiro atoms. The third-order valence-electron chi connectivity index (χ3n) is 3.90. The summed E-state index contributed by atoms with van der Waals surface area (Å²) in [6, 6.07) is 0. The zero-order valence-corrected chi connectivity index (χ0v) is 10.1. The number of halogens is 2. The fourth-order valence-electron chi connectivity index (χ4n) is 2.52. The fraction of sp³-hybridized carbons (Fsp3) is 1.00. The molecule has 2 fully saturated rings. The first-order chi connectivity index (χ1) is 7.42. The third-order valence-corrected chi connectivity index (χ3v) is 6.26. The van der Waals surface area contributed by atoms with Crippen molar-refractivity contribution < 1.29 is 17.2 Å². The van der Waals surface area contributed by atoms with Gasteiger partial charge in [-0.2, -0.15) is 0 Å². The highest BCUT2D eigenvalue weighted by molar-refractivity contribution is 7.92. The Bertz CT molecular complexity index is 347. The predicted octanol–water partition coefficient (Wildman–Crippen LogP) is 2.78. The van der Waals surface area contributed by atoms with Crippen LogP contribution < -0.4 is 0 Å². The van der Waals surface area contributed by atoms with Crippen LogP contribution in [0.3, 0.4) is 0 Å². The quantitative estimate of drug-likeness (QED) is 0.774. The van der Waals surface area contributed by atoms with Gasteiger partial charge in [0.05, 0.1) is 11.0 Å². The molecule has 0 radical (unpaired) electrons. The highest BCUT2D eigenvalue weighted by Crippen LogP contribution is 2.40. The molecule has 16 heavy (non-hydrogen) atoms. The van der Waals surface area contributed by atoms with Crippen molar-refractivity contribution in [2.45, 2.75) is 56.1 Å². The van der Waals surface area contributed by atoms with Crippen molar-refractivity contribution in [2.24, 2.45) is 5.92 Å². The third kappa shape index (κ3) is 2.39. The Balaban J connectivity index is 2.02. The standard InChI is InChI=1S/C11H18F2O2S/c12-11(13)7-2-1-4-9(11)8-16(14,15)10-5-3-6-10/h9-10H,1-8H2. The Kier molecular flexibility index (Phi) is 3.25. The highest BCUT2D eigenvalue weighted by Gasteiger charge is 2.45. The molecule has 2 rings (SSSR count). The number of rotatable bonds is 3. The van der Waals surface area contributed by atoms with E-state index in [-0.39, 0.29) is 17.4 Å². The molecule has 0 heterocycles. The molecule has 2 nitrogen and oxygen atoms in total. The summed E-state index contributed by atoms with van der Waals surface area (Å²) in [5, 5.41) is -0.328. The molecule has 2 saturated carbocycles. The molecule has 1 unspecified atom stereocenters. The maximum atomic E-state index is 13.5. The molecule has 0 aromatic heterocycles. The zero-order chi connectivity index (χ0) is 11.8. The van der Waals surface area contributed by atoms with Crippen LogP contribution in [0, 0.1) is 5.92 Å². The smallest absolute Gasteiger partial charge is 0.229 e. The van der Waals surface area contributed by atoms with Gasteiger partial charge in [0.15, 0.2) is 9.84 Å². The van der Waals surface area contributed by atoms with Crippen molar-refractivity contribution in [1.82, 2.24) is 0 Å². The van der Waals surface area contributed by atoms with Crippen molar-refractivity contribution in [1.29, 1.82) is 0 Å². The first-order valence-corrected chi connectivity index (χ1v) is 7.73. The normalized spacial score (nSPS) is 31.0. The Labute approximate surface area is 95.3 Å². The molecule has 0 aromatic rings. The molecular formula is C11H18F2O2S. The van der Waals surface area contributed by atoms with E-state index in [9.17, 15) is 17.2 Å². The van der Waals surface area contributed by atoms with Crippen molar-refractivity contribution in [2.75, 3.05) is 5.75 Å². The molecule has 0 amide bonds. The second-order valence-electron chi connectivity index (χ2n) is 5.09. The Morgan fingerprint density at radius 3 is 2.25 bits per heavy atom. The molecule has 0 aromatic carbocycles. The second-order valence-corrected chi connectivity index (χ2v) is 7.41. The van der Waals surface area contributed by atoms with Crippen molar-refractivity contribution in [3.8, 4) is 0 Å². The van der Waals surface area contributed by atoms with E-state index in [1.165, 1.54) is 0 Å². The minimum atomic E-state index is -3.27. The Hall–Kier alpha value is -0.190. The average Bonchev–Trinajstić information content (AvgIpc) is 2.04. The van der Waals surface area contributed by atoms with Crippen LogP contribution in [0.4, 0.5) is 8.78 Å². The molecule has 2 aliphatic carbocycles. The predicted molar refractivity (Wildman–Crippen MR) is 58.3 cm³/mol. The van der Waals surface area contributed by atoms with E-state index in [2.05, 4.69) is 0 Å². The molecule has 2 aliphatic rings. The van der Waals surface area contributed by atoms with Gasteiger partial charge in [0, 0.05) is 12.3 Å². The van der Waals surface area contributed by atoms with E-state index in [0.29, 0.717) is 25.7 Å². The first kappa shape index (κ1) is 12.3. The minimum Gasteiger partial charge on any atom is -0.229 e. The lowest BCUT2D eigenvalue weighted by atomic mass is 9.87. The fourth-order valence-corrected chi connectivity index (χ4v) is 4.81. The van der Waals surface area contributed by atoms with Crippen LogP contribution in [0.1, 0.15) is 44.9 Å². The Morgan fingerprint density at radius 1 is 1.06 bits per heavy atom. The first-order valence-electron chi connectivity index (χ1n) is 6.01. The largest absolute Gasteiger partial charge is 0.251 e. The van der Waals surface area contributed by atoms with Crippen LogP contribution in [-0.2, 0) is 9.84 Å². The molecule has 0 N–H and O–H groups in total. The molecule has 0 aliphatic heterocycles. The lowest BCUT2D eigenvalue weighted by molar-refractivity contribution is -0.0771. The molecule has 0 saturated heterocycles. The highest BCUT2D eigenvalue weighted by atomic mass is 32.2. The van der Waals surface area contributed by atoms with E-state index >= 15 is 0 Å². The molecular weight excluding hydrogens is 234 g/mol. The monoisotopic (exact) mass is 252 g/mol. The van der Waals surface area contributed by atoms with Crippen molar-refractivity contribution >= 4 is 9.84 Å². The molecule has 1 atom stereocenters. The summed E-state index contributed by atoms with van der Waals surface area (Å²) in [4.78, 5) is 0. The number of hydrogen-bond acceptors (Lipinski definition) is 2. The van der Waals surface area contributed by atoms with E-state index in [1.807, 2.05) is 0 Å². The number of hydrogen-bond donors (Lipinski definition) is 0. The summed E-state index contributed by atoms with van der Waals surface area (Å²) >= 11 is 0. The van der Waals surface area contributed by atoms with Crippen molar-refractivity contribution in [3.05, 3.63) is 0 Å². The van der Waals surface area contributed by atoms with Gasteiger partial charge in [0.25, 0.3) is 5.92 Å². The van der Waals surface area contributed by atoms with E-state index in [1.54, 1.807) is 0 Å². The van der Waals surface area contributed by atoms with E-state index < -0.39 is 21.7 Å². The summed E-state index contributed by atoms with van der Waals surface area (Å²) in [6.07, 6.45) is 3.73. The Morgan fingerprint density at radius 2 is 1.75 bits per heavy atom. The van der Waals surface area contributed by atoms with Crippen LogP contribution in [0.15, 0.2) is 0 Å². The van der Waals surface area contributed by atoms with Gasteiger partial charge in [-0.05, 0) is 25.7 Å². The summed E-state index contributed by atoms with van der Waals surface area (Å²) in [5.74, 6) is -4.01. The van der Waals surface area contributed by atoms with Gasteiger partial charge in [-0.25, -0.2) is 17.2 Å². The lowest BCUT2D eigenvalue weighted by Crippen LogP contribution is -2.40. The van der Waals surface area contributed by atoms with Gasteiger partial charge >= 0.3 is 0 Å². The van der Waals surface area contributed by atoms with E-state index in [4.69, 9.17) is 0 Å². The lowest BCUT2D eigenvalue weighted by Gasteiger charge is -2.33. The maximum absolute atomic E-state index is 13.5. The van der Waals surface area contributed by atoms with Gasteiger partial charge in [0.1, 0.15) is 0 Å².